The Labute approximate surface area is 147 Å². The van der Waals surface area contributed by atoms with Crippen LogP contribution < -0.4 is 10.5 Å². The lowest BCUT2D eigenvalue weighted by molar-refractivity contribution is 0.578. The molecule has 0 saturated carbocycles. The summed E-state index contributed by atoms with van der Waals surface area (Å²) >= 11 is 0. The molecular weight excluding hydrogens is 332 g/mol. The van der Waals surface area contributed by atoms with Crippen LogP contribution in [-0.4, -0.2) is 21.5 Å². The van der Waals surface area contributed by atoms with Crippen molar-refractivity contribution in [3.05, 3.63) is 54.6 Å². The van der Waals surface area contributed by atoms with Gasteiger partial charge in [0.25, 0.3) is 0 Å². The Bertz CT molecular complexity index is 1140. The van der Waals surface area contributed by atoms with Crippen molar-refractivity contribution in [3.63, 3.8) is 0 Å². The van der Waals surface area contributed by atoms with Crippen LogP contribution in [0.5, 0.6) is 0 Å². The average molecular weight is 352 g/mol. The molecule has 128 valence electrons. The SMILES string of the molecule is NCCCCNS(=O)(=O)c1ccc2ccc3cccc4ccc1c2c34. The normalized spacial score (nSPS) is 12.5. The fraction of sp³-hybridized carbons (Fsp3) is 0.200. The van der Waals surface area contributed by atoms with Crippen molar-refractivity contribution in [1.82, 2.24) is 4.72 Å². The van der Waals surface area contributed by atoms with E-state index in [1.807, 2.05) is 24.3 Å². The molecule has 0 spiro atoms. The van der Waals surface area contributed by atoms with Gasteiger partial charge in [0, 0.05) is 11.9 Å². The molecule has 0 aromatic heterocycles. The maximum atomic E-state index is 12.8. The first-order chi connectivity index (χ1) is 12.1. The van der Waals surface area contributed by atoms with Gasteiger partial charge in [0.1, 0.15) is 0 Å². The van der Waals surface area contributed by atoms with Crippen LogP contribution in [0.25, 0.3) is 32.3 Å². The minimum Gasteiger partial charge on any atom is -0.330 e. The van der Waals surface area contributed by atoms with Crippen LogP contribution in [0.4, 0.5) is 0 Å². The highest BCUT2D eigenvalue weighted by Crippen LogP contribution is 2.37. The van der Waals surface area contributed by atoms with Crippen molar-refractivity contribution in [2.75, 3.05) is 13.1 Å². The fourth-order valence-corrected chi connectivity index (χ4v) is 4.77. The molecule has 4 aromatic carbocycles. The van der Waals surface area contributed by atoms with Gasteiger partial charge in [-0.1, -0.05) is 48.5 Å². The second kappa shape index (κ2) is 6.26. The van der Waals surface area contributed by atoms with Gasteiger partial charge in [0.2, 0.25) is 10.0 Å². The summed E-state index contributed by atoms with van der Waals surface area (Å²) in [5, 5.41) is 6.22. The minimum atomic E-state index is -3.56. The lowest BCUT2D eigenvalue weighted by Gasteiger charge is -2.14. The van der Waals surface area contributed by atoms with Crippen LogP contribution in [0, 0.1) is 0 Å². The Morgan fingerprint density at radius 1 is 0.800 bits per heavy atom. The van der Waals surface area contributed by atoms with Gasteiger partial charge in [-0.2, -0.15) is 0 Å². The van der Waals surface area contributed by atoms with E-state index in [9.17, 15) is 8.42 Å². The Kier molecular flexibility index (Phi) is 4.07. The quantitative estimate of drug-likeness (QED) is 0.411. The molecule has 5 heteroatoms. The third-order valence-corrected chi connectivity index (χ3v) is 6.22. The zero-order valence-corrected chi connectivity index (χ0v) is 14.6. The molecule has 4 aromatic rings. The average Bonchev–Trinajstić information content (AvgIpc) is 2.63. The minimum absolute atomic E-state index is 0.339. The molecule has 0 aliphatic carbocycles. The number of rotatable bonds is 6. The maximum Gasteiger partial charge on any atom is 0.241 e. The number of benzene rings is 4. The molecule has 0 bridgehead atoms. The van der Waals surface area contributed by atoms with Crippen LogP contribution in [0.3, 0.4) is 0 Å². The van der Waals surface area contributed by atoms with Crippen molar-refractivity contribution < 1.29 is 8.42 Å². The highest BCUT2D eigenvalue weighted by molar-refractivity contribution is 7.89. The molecule has 0 radical (unpaired) electrons. The first kappa shape index (κ1) is 16.3. The summed E-state index contributed by atoms with van der Waals surface area (Å²) < 4.78 is 28.3. The maximum absolute atomic E-state index is 12.8. The van der Waals surface area contributed by atoms with Gasteiger partial charge in [0.15, 0.2) is 0 Å². The predicted molar refractivity (Wildman–Crippen MR) is 104 cm³/mol. The highest BCUT2D eigenvalue weighted by Gasteiger charge is 2.19. The fourth-order valence-electron chi connectivity index (χ4n) is 3.50. The first-order valence-electron chi connectivity index (χ1n) is 8.48. The van der Waals surface area contributed by atoms with Crippen molar-refractivity contribution in [2.45, 2.75) is 17.7 Å². The van der Waals surface area contributed by atoms with Gasteiger partial charge in [-0.25, -0.2) is 13.1 Å². The number of sulfonamides is 1. The second-order valence-electron chi connectivity index (χ2n) is 6.31. The molecule has 4 nitrogen and oxygen atoms in total. The van der Waals surface area contributed by atoms with Crippen LogP contribution in [0.15, 0.2) is 59.5 Å². The van der Waals surface area contributed by atoms with E-state index in [0.717, 1.165) is 45.2 Å². The lowest BCUT2D eigenvalue weighted by atomic mass is 9.94. The number of nitrogens with one attached hydrogen (secondary N) is 1. The summed E-state index contributed by atoms with van der Waals surface area (Å²) in [6, 6.07) is 17.8. The third-order valence-electron chi connectivity index (χ3n) is 4.70. The highest BCUT2D eigenvalue weighted by atomic mass is 32.2. The monoisotopic (exact) mass is 352 g/mol. The van der Waals surface area contributed by atoms with Crippen LogP contribution >= 0.6 is 0 Å². The van der Waals surface area contributed by atoms with Gasteiger partial charge in [-0.3, -0.25) is 0 Å². The number of hydrogen-bond donors (Lipinski definition) is 2. The van der Waals surface area contributed by atoms with E-state index >= 15 is 0 Å². The first-order valence-corrected chi connectivity index (χ1v) is 9.96. The molecule has 4 rings (SSSR count). The Morgan fingerprint density at radius 2 is 1.44 bits per heavy atom. The van der Waals surface area contributed by atoms with Crippen molar-refractivity contribution in [3.8, 4) is 0 Å². The predicted octanol–water partition coefficient (Wildman–Crippen LogP) is 3.60. The summed E-state index contributed by atoms with van der Waals surface area (Å²) in [5.41, 5.74) is 5.47. The Hall–Kier alpha value is -2.21. The smallest absolute Gasteiger partial charge is 0.241 e. The third kappa shape index (κ3) is 2.74. The molecule has 0 amide bonds. The Morgan fingerprint density at radius 3 is 2.16 bits per heavy atom. The molecule has 0 saturated heterocycles. The summed E-state index contributed by atoms with van der Waals surface area (Å²) in [5.74, 6) is 0. The molecule has 0 heterocycles. The van der Waals surface area contributed by atoms with Gasteiger partial charge in [-0.15, -0.1) is 0 Å². The summed E-state index contributed by atoms with van der Waals surface area (Å²) in [6.45, 7) is 0.974. The van der Waals surface area contributed by atoms with E-state index in [1.54, 1.807) is 6.07 Å². The number of nitrogens with two attached hydrogens (primary N) is 1. The van der Waals surface area contributed by atoms with Crippen LogP contribution in [0.2, 0.25) is 0 Å². The summed E-state index contributed by atoms with van der Waals surface area (Å²) in [6.07, 6.45) is 1.54. The molecule has 0 aliphatic rings. The van der Waals surface area contributed by atoms with E-state index in [2.05, 4.69) is 29.0 Å². The molecule has 0 aliphatic heterocycles. The largest absolute Gasteiger partial charge is 0.330 e. The van der Waals surface area contributed by atoms with Crippen LogP contribution in [0.1, 0.15) is 12.8 Å². The summed E-state index contributed by atoms with van der Waals surface area (Å²) in [7, 11) is -3.56. The van der Waals surface area contributed by atoms with Crippen molar-refractivity contribution in [1.29, 1.82) is 0 Å². The molecule has 25 heavy (non-hydrogen) atoms. The zero-order valence-electron chi connectivity index (χ0n) is 13.8. The second-order valence-corrected chi connectivity index (χ2v) is 8.05. The van der Waals surface area contributed by atoms with E-state index < -0.39 is 10.0 Å². The van der Waals surface area contributed by atoms with Gasteiger partial charge >= 0.3 is 0 Å². The van der Waals surface area contributed by atoms with E-state index in [0.29, 0.717) is 18.0 Å². The molecular formula is C20H20N2O2S. The zero-order chi connectivity index (χ0) is 17.4. The van der Waals surface area contributed by atoms with Crippen molar-refractivity contribution in [2.24, 2.45) is 5.73 Å². The van der Waals surface area contributed by atoms with E-state index in [4.69, 9.17) is 5.73 Å². The van der Waals surface area contributed by atoms with Gasteiger partial charge < -0.3 is 5.73 Å². The molecule has 3 N–H and O–H groups in total. The van der Waals surface area contributed by atoms with Gasteiger partial charge in [-0.05, 0) is 52.4 Å². The van der Waals surface area contributed by atoms with Crippen LogP contribution in [-0.2, 0) is 10.0 Å². The lowest BCUT2D eigenvalue weighted by Crippen LogP contribution is -2.25. The van der Waals surface area contributed by atoms with Crippen molar-refractivity contribution >= 4 is 42.3 Å². The topological polar surface area (TPSA) is 72.2 Å². The number of unbranched alkanes of at least 4 members (excludes halogenated alkanes) is 1. The number of hydrogen-bond acceptors (Lipinski definition) is 3. The molecule has 0 fully saturated rings. The Balaban J connectivity index is 1.90. The standard InChI is InChI=1S/C20H20N2O2S/c21-12-1-2-13-22-25(23,24)18-11-9-16-7-6-14-4-3-5-15-8-10-17(18)20(16)19(14)15/h3-11,22H,1-2,12-13,21H2. The van der Waals surface area contributed by atoms with E-state index in [-0.39, 0.29) is 0 Å². The molecule has 0 atom stereocenters. The molecule has 0 unspecified atom stereocenters. The van der Waals surface area contributed by atoms with E-state index in [1.165, 1.54) is 0 Å². The summed E-state index contributed by atoms with van der Waals surface area (Å²) in [4.78, 5) is 0.339. The van der Waals surface area contributed by atoms with Gasteiger partial charge in [0.05, 0.1) is 4.90 Å².